The van der Waals surface area contributed by atoms with E-state index in [9.17, 15) is 4.79 Å². The summed E-state index contributed by atoms with van der Waals surface area (Å²) in [5, 5.41) is 0.245. The van der Waals surface area contributed by atoms with Crippen LogP contribution in [0.4, 0.5) is 0 Å². The Labute approximate surface area is 74.0 Å². The van der Waals surface area contributed by atoms with Crippen molar-refractivity contribution in [3.8, 4) is 0 Å². The Bertz CT molecular complexity index is 134. The first-order valence-corrected chi connectivity index (χ1v) is 4.44. The molecule has 0 saturated heterocycles. The highest BCUT2D eigenvalue weighted by Crippen LogP contribution is 2.18. The summed E-state index contributed by atoms with van der Waals surface area (Å²) in [6.07, 6.45) is 0.774. The molecular formula is C8H17NOS. The molecule has 0 fully saturated rings. The Morgan fingerprint density at radius 3 is 2.00 bits per heavy atom. The molecule has 1 amide bonds. The molecule has 0 rings (SSSR count). The zero-order valence-corrected chi connectivity index (χ0v) is 8.27. The minimum absolute atomic E-state index is 0.0255. The van der Waals surface area contributed by atoms with Crippen LogP contribution >= 0.6 is 12.6 Å². The minimum Gasteiger partial charge on any atom is -0.369 e. The lowest BCUT2D eigenvalue weighted by Gasteiger charge is -2.18. The number of carbonyl (C=O) groups is 1. The van der Waals surface area contributed by atoms with Gasteiger partial charge in [0.15, 0.2) is 0 Å². The third-order valence-corrected chi connectivity index (χ3v) is 1.98. The normalized spacial score (nSPS) is 16.5. The van der Waals surface area contributed by atoms with Gasteiger partial charge in [0.05, 0.1) is 0 Å². The van der Waals surface area contributed by atoms with E-state index in [-0.39, 0.29) is 17.1 Å². The molecule has 2 atom stereocenters. The number of primary amides is 1. The van der Waals surface area contributed by atoms with E-state index in [1.807, 2.05) is 20.8 Å². The van der Waals surface area contributed by atoms with Gasteiger partial charge in [0.1, 0.15) is 0 Å². The van der Waals surface area contributed by atoms with Crippen molar-refractivity contribution in [2.45, 2.75) is 32.4 Å². The summed E-state index contributed by atoms with van der Waals surface area (Å²) >= 11 is 4.22. The van der Waals surface area contributed by atoms with Gasteiger partial charge in [0.25, 0.3) is 0 Å². The molecule has 0 radical (unpaired) electrons. The fraction of sp³-hybridized carbons (Fsp3) is 0.875. The topological polar surface area (TPSA) is 43.1 Å². The van der Waals surface area contributed by atoms with E-state index in [0.717, 1.165) is 6.42 Å². The molecule has 11 heavy (non-hydrogen) atoms. The Balaban J connectivity index is 4.01. The van der Waals surface area contributed by atoms with Crippen LogP contribution in [-0.4, -0.2) is 11.2 Å². The second-order valence-corrected chi connectivity index (χ2v) is 4.22. The number of thiol groups is 1. The maximum absolute atomic E-state index is 10.9. The van der Waals surface area contributed by atoms with E-state index in [2.05, 4.69) is 12.6 Å². The van der Waals surface area contributed by atoms with Crippen molar-refractivity contribution in [3.63, 3.8) is 0 Å². The van der Waals surface area contributed by atoms with Crippen LogP contribution in [0.1, 0.15) is 27.2 Å². The summed E-state index contributed by atoms with van der Waals surface area (Å²) in [6, 6.07) is 0. The largest absolute Gasteiger partial charge is 0.369 e. The lowest BCUT2D eigenvalue weighted by molar-refractivity contribution is -0.123. The highest BCUT2D eigenvalue weighted by Gasteiger charge is 2.20. The lowest BCUT2D eigenvalue weighted by Crippen LogP contribution is -2.29. The molecule has 2 nitrogen and oxygen atoms in total. The molecular weight excluding hydrogens is 158 g/mol. The van der Waals surface area contributed by atoms with Crippen LogP contribution in [0.25, 0.3) is 0 Å². The summed E-state index contributed by atoms with van der Waals surface area (Å²) in [5.74, 6) is 0.0884. The molecule has 0 bridgehead atoms. The van der Waals surface area contributed by atoms with Crippen LogP contribution < -0.4 is 5.73 Å². The van der Waals surface area contributed by atoms with Gasteiger partial charge in [-0.15, -0.1) is 0 Å². The second-order valence-electron chi connectivity index (χ2n) is 3.34. The Morgan fingerprint density at radius 1 is 1.45 bits per heavy atom. The number of nitrogens with two attached hydrogens (primary N) is 1. The van der Waals surface area contributed by atoms with Gasteiger partial charge >= 0.3 is 0 Å². The van der Waals surface area contributed by atoms with E-state index in [1.165, 1.54) is 0 Å². The van der Waals surface area contributed by atoms with Crippen molar-refractivity contribution in [3.05, 3.63) is 0 Å². The van der Waals surface area contributed by atoms with Gasteiger partial charge < -0.3 is 5.73 Å². The number of hydrogen-bond acceptors (Lipinski definition) is 2. The Morgan fingerprint density at radius 2 is 1.91 bits per heavy atom. The zero-order chi connectivity index (χ0) is 9.02. The minimum atomic E-state index is -0.207. The molecule has 0 aromatic rings. The van der Waals surface area contributed by atoms with E-state index >= 15 is 0 Å². The van der Waals surface area contributed by atoms with Gasteiger partial charge in [-0.05, 0) is 17.6 Å². The molecule has 0 aromatic heterocycles. The van der Waals surface area contributed by atoms with Crippen LogP contribution in [-0.2, 0) is 4.79 Å². The molecule has 2 N–H and O–H groups in total. The highest BCUT2D eigenvalue weighted by atomic mass is 32.1. The first-order chi connectivity index (χ1) is 4.95. The van der Waals surface area contributed by atoms with E-state index in [4.69, 9.17) is 5.73 Å². The van der Waals surface area contributed by atoms with Gasteiger partial charge in [0.2, 0.25) is 5.91 Å². The number of carbonyl (C=O) groups excluding carboxylic acids is 1. The molecule has 3 heteroatoms. The first-order valence-electron chi connectivity index (χ1n) is 3.92. The SMILES string of the molecule is CC(S)CC(C(N)=O)C(C)C. The van der Waals surface area contributed by atoms with Crippen LogP contribution in [0.3, 0.4) is 0 Å². The summed E-state index contributed by atoms with van der Waals surface area (Å²) in [4.78, 5) is 10.9. The van der Waals surface area contributed by atoms with E-state index in [1.54, 1.807) is 0 Å². The standard InChI is InChI=1S/C8H17NOS/c1-5(2)7(8(9)10)4-6(3)11/h5-7,11H,4H2,1-3H3,(H2,9,10). The fourth-order valence-corrected chi connectivity index (χ4v) is 1.31. The van der Waals surface area contributed by atoms with Crippen molar-refractivity contribution in [1.29, 1.82) is 0 Å². The Kier molecular flexibility index (Phi) is 4.57. The van der Waals surface area contributed by atoms with Gasteiger partial charge in [-0.25, -0.2) is 0 Å². The molecule has 2 unspecified atom stereocenters. The smallest absolute Gasteiger partial charge is 0.220 e. The molecule has 0 aliphatic carbocycles. The number of rotatable bonds is 4. The molecule has 0 spiro atoms. The van der Waals surface area contributed by atoms with Crippen molar-refractivity contribution in [1.82, 2.24) is 0 Å². The average molecular weight is 175 g/mol. The quantitative estimate of drug-likeness (QED) is 0.624. The maximum atomic E-state index is 10.9. The maximum Gasteiger partial charge on any atom is 0.220 e. The van der Waals surface area contributed by atoms with Crippen molar-refractivity contribution < 1.29 is 4.79 Å². The van der Waals surface area contributed by atoms with Crippen LogP contribution in [0.2, 0.25) is 0 Å². The highest BCUT2D eigenvalue weighted by molar-refractivity contribution is 7.80. The molecule has 0 heterocycles. The predicted molar refractivity (Wildman–Crippen MR) is 50.6 cm³/mol. The molecule has 0 saturated carbocycles. The van der Waals surface area contributed by atoms with Gasteiger partial charge in [-0.1, -0.05) is 20.8 Å². The van der Waals surface area contributed by atoms with E-state index < -0.39 is 0 Å². The van der Waals surface area contributed by atoms with Crippen molar-refractivity contribution >= 4 is 18.5 Å². The predicted octanol–water partition coefficient (Wildman–Crippen LogP) is 1.45. The second kappa shape index (κ2) is 4.65. The third kappa shape index (κ3) is 4.30. The Hall–Kier alpha value is -0.180. The monoisotopic (exact) mass is 175 g/mol. The van der Waals surface area contributed by atoms with Crippen LogP contribution in [0.15, 0.2) is 0 Å². The molecule has 0 aromatic carbocycles. The molecule has 66 valence electrons. The zero-order valence-electron chi connectivity index (χ0n) is 7.37. The number of amides is 1. The summed E-state index contributed by atoms with van der Waals surface area (Å²) in [7, 11) is 0. The fourth-order valence-electron chi connectivity index (χ4n) is 1.08. The van der Waals surface area contributed by atoms with Crippen LogP contribution in [0, 0.1) is 11.8 Å². The van der Waals surface area contributed by atoms with Gasteiger partial charge in [-0.2, -0.15) is 12.6 Å². The molecule has 0 aliphatic rings. The van der Waals surface area contributed by atoms with Crippen molar-refractivity contribution in [2.75, 3.05) is 0 Å². The third-order valence-electron chi connectivity index (χ3n) is 1.77. The van der Waals surface area contributed by atoms with Gasteiger partial charge in [-0.3, -0.25) is 4.79 Å². The molecule has 0 aliphatic heterocycles. The number of hydrogen-bond donors (Lipinski definition) is 2. The summed E-state index contributed by atoms with van der Waals surface area (Å²) < 4.78 is 0. The van der Waals surface area contributed by atoms with Gasteiger partial charge in [0, 0.05) is 5.92 Å². The average Bonchev–Trinajstić information content (AvgIpc) is 1.81. The summed E-state index contributed by atoms with van der Waals surface area (Å²) in [6.45, 7) is 5.98. The first kappa shape index (κ1) is 10.8. The lowest BCUT2D eigenvalue weighted by atomic mass is 9.91. The summed E-state index contributed by atoms with van der Waals surface area (Å²) in [5.41, 5.74) is 5.21. The van der Waals surface area contributed by atoms with E-state index in [0.29, 0.717) is 5.92 Å². The van der Waals surface area contributed by atoms with Crippen molar-refractivity contribution in [2.24, 2.45) is 17.6 Å². The van der Waals surface area contributed by atoms with Crippen LogP contribution in [0.5, 0.6) is 0 Å².